The van der Waals surface area contributed by atoms with Crippen molar-refractivity contribution in [3.05, 3.63) is 23.1 Å². The summed E-state index contributed by atoms with van der Waals surface area (Å²) < 4.78 is 5.90. The quantitative estimate of drug-likeness (QED) is 0.918. The van der Waals surface area contributed by atoms with Gasteiger partial charge in [0.05, 0.1) is 17.9 Å². The lowest BCUT2D eigenvalue weighted by Gasteiger charge is -2.34. The highest BCUT2D eigenvalue weighted by Gasteiger charge is 2.37. The number of thiazole rings is 1. The molecule has 1 amide bonds. The number of rotatable bonds is 2. The van der Waals surface area contributed by atoms with Gasteiger partial charge in [0, 0.05) is 16.4 Å². The molecule has 0 bridgehead atoms. The van der Waals surface area contributed by atoms with Gasteiger partial charge in [0.2, 0.25) is 5.91 Å². The number of fused-ring (bicyclic) bond motifs is 1. The van der Waals surface area contributed by atoms with E-state index in [1.165, 1.54) is 11.3 Å². The second-order valence-electron chi connectivity index (χ2n) is 6.29. The fourth-order valence-corrected chi connectivity index (χ4v) is 3.74. The lowest BCUT2D eigenvalue weighted by molar-refractivity contribution is -0.120. The Morgan fingerprint density at radius 3 is 2.87 bits per heavy atom. The fraction of sp³-hybridized carbons (Fsp3) is 0.412. The average molecular weight is 329 g/mol. The highest BCUT2D eigenvalue weighted by molar-refractivity contribution is 7.15. The van der Waals surface area contributed by atoms with Gasteiger partial charge in [-0.3, -0.25) is 4.79 Å². The molecule has 6 heteroatoms. The predicted molar refractivity (Wildman–Crippen MR) is 91.9 cm³/mol. The Hall–Kier alpha value is -2.08. The van der Waals surface area contributed by atoms with E-state index >= 15 is 0 Å². The number of carbonyl (C=O) groups is 1. The number of nitrogens with two attached hydrogens (primary N) is 1. The van der Waals surface area contributed by atoms with Crippen molar-refractivity contribution in [1.82, 2.24) is 4.98 Å². The molecule has 23 heavy (non-hydrogen) atoms. The number of carbonyl (C=O) groups excluding carboxylic acids is 1. The summed E-state index contributed by atoms with van der Waals surface area (Å²) >= 11 is 1.48. The van der Waals surface area contributed by atoms with E-state index in [2.05, 4.69) is 4.98 Å². The predicted octanol–water partition coefficient (Wildman–Crippen LogP) is 3.22. The molecular formula is C17H19N3O2S. The number of anilines is 2. The molecule has 120 valence electrons. The molecule has 1 atom stereocenters. The van der Waals surface area contributed by atoms with Crippen molar-refractivity contribution in [3.63, 3.8) is 0 Å². The van der Waals surface area contributed by atoms with Gasteiger partial charge in [0.25, 0.3) is 0 Å². The van der Waals surface area contributed by atoms with Gasteiger partial charge in [-0.15, -0.1) is 11.3 Å². The number of hydrogen-bond donors (Lipinski definition) is 1. The van der Waals surface area contributed by atoms with Crippen LogP contribution in [0.1, 0.15) is 24.6 Å². The summed E-state index contributed by atoms with van der Waals surface area (Å²) in [5.41, 5.74) is 8.52. The van der Waals surface area contributed by atoms with Crippen molar-refractivity contribution >= 4 is 28.1 Å². The van der Waals surface area contributed by atoms with Gasteiger partial charge in [-0.05, 0) is 44.9 Å². The van der Waals surface area contributed by atoms with Crippen molar-refractivity contribution in [2.75, 3.05) is 17.2 Å². The maximum absolute atomic E-state index is 12.6. The molecule has 5 nitrogen and oxygen atoms in total. The lowest BCUT2D eigenvalue weighted by atomic mass is 10.1. The number of amides is 1. The maximum atomic E-state index is 12.6. The first-order valence-corrected chi connectivity index (χ1v) is 8.70. The van der Waals surface area contributed by atoms with E-state index in [1.54, 1.807) is 0 Å². The van der Waals surface area contributed by atoms with Crippen molar-refractivity contribution in [1.29, 1.82) is 0 Å². The van der Waals surface area contributed by atoms with Crippen LogP contribution in [0.2, 0.25) is 0 Å². The third-order valence-corrected chi connectivity index (χ3v) is 5.10. The van der Waals surface area contributed by atoms with Crippen LogP contribution in [-0.4, -0.2) is 23.5 Å². The summed E-state index contributed by atoms with van der Waals surface area (Å²) in [6, 6.07) is 5.92. The molecule has 1 saturated carbocycles. The van der Waals surface area contributed by atoms with E-state index in [-0.39, 0.29) is 17.9 Å². The van der Waals surface area contributed by atoms with Crippen LogP contribution < -0.4 is 15.4 Å². The highest BCUT2D eigenvalue weighted by Crippen LogP contribution is 2.41. The molecule has 1 aromatic carbocycles. The minimum absolute atomic E-state index is 0.00713. The van der Waals surface area contributed by atoms with Crippen LogP contribution in [0, 0.1) is 12.8 Å². The summed E-state index contributed by atoms with van der Waals surface area (Å²) in [4.78, 5) is 20.0. The standard InChI is InChI=1S/C17H19N3O2S/c1-9-8-20(16(21)11-3-4-11)13-7-12(5-6-14(13)22-9)15-10(2)23-17(18)19-15/h5-7,9,11H,3-4,8H2,1-2H3,(H2,18,19). The van der Waals surface area contributed by atoms with Gasteiger partial charge >= 0.3 is 0 Å². The van der Waals surface area contributed by atoms with Crippen molar-refractivity contribution in [2.45, 2.75) is 32.8 Å². The van der Waals surface area contributed by atoms with Crippen LogP contribution in [0.4, 0.5) is 10.8 Å². The topological polar surface area (TPSA) is 68.5 Å². The van der Waals surface area contributed by atoms with E-state index in [0.29, 0.717) is 11.7 Å². The van der Waals surface area contributed by atoms with Crippen molar-refractivity contribution in [2.24, 2.45) is 5.92 Å². The molecule has 1 fully saturated rings. The molecule has 1 aromatic heterocycles. The van der Waals surface area contributed by atoms with Gasteiger partial charge in [-0.25, -0.2) is 4.98 Å². The van der Waals surface area contributed by atoms with Gasteiger partial charge < -0.3 is 15.4 Å². The first-order chi connectivity index (χ1) is 11.0. The number of aryl methyl sites for hydroxylation is 1. The molecule has 2 N–H and O–H groups in total. The minimum Gasteiger partial charge on any atom is -0.487 e. The van der Waals surface area contributed by atoms with E-state index in [0.717, 1.165) is 40.4 Å². The molecule has 0 saturated heterocycles. The summed E-state index contributed by atoms with van der Waals surface area (Å²) in [5.74, 6) is 1.17. The maximum Gasteiger partial charge on any atom is 0.230 e. The molecule has 4 rings (SSSR count). The summed E-state index contributed by atoms with van der Waals surface area (Å²) in [6.07, 6.45) is 2.01. The second-order valence-corrected chi connectivity index (χ2v) is 7.53. The van der Waals surface area contributed by atoms with Crippen molar-refractivity contribution in [3.8, 4) is 17.0 Å². The molecule has 1 aliphatic heterocycles. The SMILES string of the molecule is Cc1sc(N)nc1-c1ccc2c(c1)N(C(=O)C1CC1)CC(C)O2. The average Bonchev–Trinajstić information content (AvgIpc) is 3.30. The zero-order valence-electron chi connectivity index (χ0n) is 13.2. The van der Waals surface area contributed by atoms with E-state index < -0.39 is 0 Å². The molecule has 2 aliphatic rings. The highest BCUT2D eigenvalue weighted by atomic mass is 32.1. The van der Waals surface area contributed by atoms with Gasteiger partial charge in [0.15, 0.2) is 5.13 Å². The third kappa shape index (κ3) is 2.57. The molecule has 1 aliphatic carbocycles. The number of benzene rings is 1. The molecule has 0 spiro atoms. The Labute approximate surface area is 139 Å². The number of ether oxygens (including phenoxy) is 1. The summed E-state index contributed by atoms with van der Waals surface area (Å²) in [7, 11) is 0. The van der Waals surface area contributed by atoms with Crippen LogP contribution in [0.5, 0.6) is 5.75 Å². The van der Waals surface area contributed by atoms with Gasteiger partial charge in [0.1, 0.15) is 11.9 Å². The zero-order valence-corrected chi connectivity index (χ0v) is 14.0. The van der Waals surface area contributed by atoms with Gasteiger partial charge in [-0.1, -0.05) is 0 Å². The second kappa shape index (κ2) is 5.23. The first kappa shape index (κ1) is 14.5. The summed E-state index contributed by atoms with van der Waals surface area (Å²) in [6.45, 7) is 4.60. The van der Waals surface area contributed by atoms with Crippen LogP contribution in [0.3, 0.4) is 0 Å². The normalized spacial score (nSPS) is 20.1. The largest absolute Gasteiger partial charge is 0.487 e. The fourth-order valence-electron chi connectivity index (χ4n) is 3.03. The Morgan fingerprint density at radius 2 is 2.22 bits per heavy atom. The monoisotopic (exact) mass is 329 g/mol. The molecule has 1 unspecified atom stereocenters. The Balaban J connectivity index is 1.77. The third-order valence-electron chi connectivity index (χ3n) is 4.30. The van der Waals surface area contributed by atoms with Crippen LogP contribution in [-0.2, 0) is 4.79 Å². The van der Waals surface area contributed by atoms with E-state index in [4.69, 9.17) is 10.5 Å². The first-order valence-electron chi connectivity index (χ1n) is 7.88. The Morgan fingerprint density at radius 1 is 1.43 bits per heavy atom. The number of aromatic nitrogens is 1. The zero-order chi connectivity index (χ0) is 16.1. The van der Waals surface area contributed by atoms with Crippen LogP contribution in [0.15, 0.2) is 18.2 Å². The Kier molecular flexibility index (Phi) is 3.30. The van der Waals surface area contributed by atoms with Gasteiger partial charge in [-0.2, -0.15) is 0 Å². The minimum atomic E-state index is 0.00713. The molecule has 2 aromatic rings. The molecule has 2 heterocycles. The van der Waals surface area contributed by atoms with Crippen LogP contribution in [0.25, 0.3) is 11.3 Å². The number of nitrogens with zero attached hydrogens (tertiary/aromatic N) is 2. The smallest absolute Gasteiger partial charge is 0.230 e. The number of nitrogen functional groups attached to an aromatic ring is 1. The van der Waals surface area contributed by atoms with Crippen molar-refractivity contribution < 1.29 is 9.53 Å². The lowest BCUT2D eigenvalue weighted by Crippen LogP contribution is -2.43. The summed E-state index contributed by atoms with van der Waals surface area (Å²) in [5, 5.41) is 0.561. The molecular weight excluding hydrogens is 310 g/mol. The van der Waals surface area contributed by atoms with E-state index in [1.807, 2.05) is 36.9 Å². The Bertz CT molecular complexity index is 782. The number of hydrogen-bond acceptors (Lipinski definition) is 5. The van der Waals surface area contributed by atoms with E-state index in [9.17, 15) is 4.79 Å². The molecule has 0 radical (unpaired) electrons. The van der Waals surface area contributed by atoms with Crippen LogP contribution >= 0.6 is 11.3 Å².